The van der Waals surface area contributed by atoms with Crippen LogP contribution in [0.1, 0.15) is 49.5 Å². The number of nitrogens with zero attached hydrogens (tertiary/aromatic N) is 3. The predicted molar refractivity (Wildman–Crippen MR) is 135 cm³/mol. The van der Waals surface area contributed by atoms with E-state index in [-0.39, 0.29) is 11.0 Å². The van der Waals surface area contributed by atoms with Gasteiger partial charge in [-0.2, -0.15) is 0 Å². The van der Waals surface area contributed by atoms with Gasteiger partial charge >= 0.3 is 5.97 Å². The lowest BCUT2D eigenvalue weighted by Gasteiger charge is -2.38. The molecule has 0 aliphatic carbocycles. The van der Waals surface area contributed by atoms with Crippen LogP contribution in [0.4, 0.5) is 5.95 Å². The number of hydrogen-bond acceptors (Lipinski definition) is 5. The first kappa shape index (κ1) is 24.0. The molecule has 1 N–H and O–H groups in total. The molecule has 34 heavy (non-hydrogen) atoms. The summed E-state index contributed by atoms with van der Waals surface area (Å²) < 4.78 is 6.08. The van der Waals surface area contributed by atoms with E-state index in [1.54, 1.807) is 0 Å². The summed E-state index contributed by atoms with van der Waals surface area (Å²) >= 11 is 6.09. The number of piperidine rings is 1. The van der Waals surface area contributed by atoms with Gasteiger partial charge in [0.1, 0.15) is 17.9 Å². The van der Waals surface area contributed by atoms with E-state index in [0.717, 1.165) is 31.5 Å². The summed E-state index contributed by atoms with van der Waals surface area (Å²) in [6.07, 6.45) is 3.52. The Hall–Kier alpha value is -3.12. The highest BCUT2D eigenvalue weighted by molar-refractivity contribution is 6.30. The Balaban J connectivity index is 1.63. The molecule has 1 fully saturated rings. The van der Waals surface area contributed by atoms with E-state index in [1.807, 2.05) is 48.5 Å². The molecule has 1 aliphatic heterocycles. The van der Waals surface area contributed by atoms with Crippen molar-refractivity contribution < 1.29 is 14.6 Å². The third-order valence-electron chi connectivity index (χ3n) is 6.43. The van der Waals surface area contributed by atoms with Crippen LogP contribution in [0.2, 0.25) is 5.02 Å². The van der Waals surface area contributed by atoms with Crippen LogP contribution >= 0.6 is 11.6 Å². The van der Waals surface area contributed by atoms with Crippen molar-refractivity contribution in [2.45, 2.75) is 40.2 Å². The van der Waals surface area contributed by atoms with Crippen molar-refractivity contribution in [3.05, 3.63) is 70.9 Å². The van der Waals surface area contributed by atoms with E-state index >= 15 is 0 Å². The van der Waals surface area contributed by atoms with E-state index in [4.69, 9.17) is 21.3 Å². The van der Waals surface area contributed by atoms with Crippen LogP contribution in [-0.2, 0) is 6.61 Å². The number of hydrogen-bond donors (Lipinski definition) is 1. The van der Waals surface area contributed by atoms with Gasteiger partial charge in [-0.15, -0.1) is 0 Å². The summed E-state index contributed by atoms with van der Waals surface area (Å²) in [5.74, 6) is 0.679. The lowest BCUT2D eigenvalue weighted by atomic mass is 9.75. The third kappa shape index (κ3) is 5.50. The summed E-state index contributed by atoms with van der Waals surface area (Å²) in [5, 5.41) is 10.5. The zero-order valence-electron chi connectivity index (χ0n) is 19.8. The molecule has 4 rings (SSSR count). The molecule has 1 saturated heterocycles. The minimum absolute atomic E-state index is 0.0483. The Morgan fingerprint density at radius 3 is 2.56 bits per heavy atom. The van der Waals surface area contributed by atoms with Crippen LogP contribution in [-0.4, -0.2) is 34.1 Å². The first-order chi connectivity index (χ1) is 16.2. The number of carboxylic acid groups (broad SMARTS) is 1. The summed E-state index contributed by atoms with van der Waals surface area (Å²) in [4.78, 5) is 23.3. The number of aromatic carboxylic acids is 1. The maximum absolute atomic E-state index is 12.0. The van der Waals surface area contributed by atoms with E-state index in [2.05, 4.69) is 30.7 Å². The zero-order chi connectivity index (χ0) is 24.3. The molecule has 1 aliphatic rings. The van der Waals surface area contributed by atoms with E-state index in [0.29, 0.717) is 40.5 Å². The van der Waals surface area contributed by atoms with Crippen molar-refractivity contribution in [1.29, 1.82) is 0 Å². The zero-order valence-corrected chi connectivity index (χ0v) is 20.5. The molecule has 0 bridgehead atoms. The van der Waals surface area contributed by atoms with E-state index in [9.17, 15) is 9.90 Å². The van der Waals surface area contributed by atoms with Crippen molar-refractivity contribution in [3.8, 4) is 17.0 Å². The number of carboxylic acids is 1. The number of aromatic nitrogens is 2. The second-order valence-corrected chi connectivity index (χ2v) is 10.2. The largest absolute Gasteiger partial charge is 0.488 e. The first-order valence-electron chi connectivity index (χ1n) is 11.5. The molecule has 0 unspecified atom stereocenters. The van der Waals surface area contributed by atoms with Crippen molar-refractivity contribution in [3.63, 3.8) is 0 Å². The standard InChI is InChI=1S/C27H30ClN3O3/c1-27(2,3)19-11-13-31(14-12-19)26-29-16-22(25(32)33)24(30-26)21-9-4-5-10-23(21)34-17-18-7-6-8-20(28)15-18/h4-10,15-16,19H,11-14,17H2,1-3H3,(H,32,33). The molecule has 7 heteroatoms. The molecular formula is C27H30ClN3O3. The normalized spacial score (nSPS) is 14.8. The van der Waals surface area contributed by atoms with Gasteiger partial charge in [0.25, 0.3) is 0 Å². The molecule has 178 valence electrons. The van der Waals surface area contributed by atoms with Crippen molar-refractivity contribution in [2.24, 2.45) is 11.3 Å². The number of rotatable bonds is 6. The Kier molecular flexibility index (Phi) is 7.08. The Bertz CT molecular complexity index is 1170. The topological polar surface area (TPSA) is 75.6 Å². The number of carbonyl (C=O) groups is 1. The summed E-state index contributed by atoms with van der Waals surface area (Å²) in [6, 6.07) is 14.8. The number of ether oxygens (including phenoxy) is 1. The van der Waals surface area contributed by atoms with Gasteiger partial charge in [-0.3, -0.25) is 0 Å². The number of para-hydroxylation sites is 1. The van der Waals surface area contributed by atoms with Crippen LogP contribution in [0.3, 0.4) is 0 Å². The molecule has 2 aromatic carbocycles. The maximum Gasteiger partial charge on any atom is 0.339 e. The highest BCUT2D eigenvalue weighted by atomic mass is 35.5. The fourth-order valence-electron chi connectivity index (χ4n) is 4.41. The van der Waals surface area contributed by atoms with Gasteiger partial charge in [0.2, 0.25) is 5.95 Å². The van der Waals surface area contributed by atoms with Crippen molar-refractivity contribution >= 4 is 23.5 Å². The smallest absolute Gasteiger partial charge is 0.339 e. The average molecular weight is 480 g/mol. The van der Waals surface area contributed by atoms with Crippen LogP contribution in [0.5, 0.6) is 5.75 Å². The van der Waals surface area contributed by atoms with Crippen LogP contribution in [0, 0.1) is 11.3 Å². The molecule has 0 saturated carbocycles. The predicted octanol–water partition coefficient (Wildman–Crippen LogP) is 6.34. The van der Waals surface area contributed by atoms with Gasteiger partial charge in [0.05, 0.1) is 5.69 Å². The lowest BCUT2D eigenvalue weighted by molar-refractivity contribution is 0.0697. The molecule has 1 aromatic heterocycles. The average Bonchev–Trinajstić information content (AvgIpc) is 2.82. The van der Waals surface area contributed by atoms with Crippen molar-refractivity contribution in [2.75, 3.05) is 18.0 Å². The fraction of sp³-hybridized carbons (Fsp3) is 0.370. The highest BCUT2D eigenvalue weighted by Crippen LogP contribution is 2.36. The number of anilines is 1. The molecule has 0 amide bonds. The minimum Gasteiger partial charge on any atom is -0.488 e. The Morgan fingerprint density at radius 2 is 1.88 bits per heavy atom. The van der Waals surface area contributed by atoms with Gasteiger partial charge in [0, 0.05) is 29.9 Å². The Morgan fingerprint density at radius 1 is 1.15 bits per heavy atom. The van der Waals surface area contributed by atoms with Crippen LogP contribution in [0.15, 0.2) is 54.7 Å². The van der Waals surface area contributed by atoms with Gasteiger partial charge in [-0.1, -0.05) is 56.6 Å². The minimum atomic E-state index is -1.07. The van der Waals surface area contributed by atoms with Gasteiger partial charge in [-0.25, -0.2) is 14.8 Å². The lowest BCUT2D eigenvalue weighted by Crippen LogP contribution is -2.39. The summed E-state index contributed by atoms with van der Waals surface area (Å²) in [7, 11) is 0. The summed E-state index contributed by atoms with van der Waals surface area (Å²) in [6.45, 7) is 8.84. The highest BCUT2D eigenvalue weighted by Gasteiger charge is 2.30. The SMILES string of the molecule is CC(C)(C)C1CCN(c2ncc(C(=O)O)c(-c3ccccc3OCc3cccc(Cl)c3)n2)CC1. The molecular weight excluding hydrogens is 450 g/mol. The molecule has 0 spiro atoms. The Labute approximate surface area is 205 Å². The maximum atomic E-state index is 12.0. The van der Waals surface area contributed by atoms with Gasteiger partial charge in [0.15, 0.2) is 0 Å². The number of halogens is 1. The fourth-order valence-corrected chi connectivity index (χ4v) is 4.62. The monoisotopic (exact) mass is 479 g/mol. The molecule has 0 radical (unpaired) electrons. The molecule has 3 aromatic rings. The summed E-state index contributed by atoms with van der Waals surface area (Å²) in [5.41, 5.74) is 2.22. The van der Waals surface area contributed by atoms with E-state index in [1.165, 1.54) is 6.20 Å². The van der Waals surface area contributed by atoms with Gasteiger partial charge < -0.3 is 14.7 Å². The van der Waals surface area contributed by atoms with Crippen LogP contribution < -0.4 is 9.64 Å². The third-order valence-corrected chi connectivity index (χ3v) is 6.67. The first-order valence-corrected chi connectivity index (χ1v) is 11.9. The molecule has 2 heterocycles. The van der Waals surface area contributed by atoms with Gasteiger partial charge in [-0.05, 0) is 54.0 Å². The number of benzene rings is 2. The van der Waals surface area contributed by atoms with Crippen LogP contribution in [0.25, 0.3) is 11.3 Å². The molecule has 6 nitrogen and oxygen atoms in total. The second kappa shape index (κ2) is 10.0. The molecule has 0 atom stereocenters. The second-order valence-electron chi connectivity index (χ2n) is 9.78. The van der Waals surface area contributed by atoms with Crippen molar-refractivity contribution in [1.82, 2.24) is 9.97 Å². The van der Waals surface area contributed by atoms with E-state index < -0.39 is 5.97 Å². The quantitative estimate of drug-likeness (QED) is 0.444.